The Kier molecular flexibility index (Phi) is 7.08. The molecule has 2 aromatic carbocycles. The van der Waals surface area contributed by atoms with E-state index in [0.29, 0.717) is 6.42 Å². The summed E-state index contributed by atoms with van der Waals surface area (Å²) in [6, 6.07) is 17.5. The molecule has 0 saturated carbocycles. The minimum absolute atomic E-state index is 0.175. The monoisotopic (exact) mass is 339 g/mol. The number of carbonyl (C=O) groups excluding carboxylic acids is 1. The Hall–Kier alpha value is -2.75. The summed E-state index contributed by atoms with van der Waals surface area (Å²) in [6.07, 6.45) is 4.72. The van der Waals surface area contributed by atoms with Gasteiger partial charge in [-0.3, -0.25) is 4.79 Å². The lowest BCUT2D eigenvalue weighted by molar-refractivity contribution is -0.145. The molecule has 1 N–H and O–H groups in total. The molecule has 4 heteroatoms. The van der Waals surface area contributed by atoms with Crippen LogP contribution in [0.25, 0.3) is 6.08 Å². The topological polar surface area (TPSA) is 47.6 Å². The standard InChI is InChI=1S/C21H25NO3/c1-4-19(21(23)25-3)20(15-10-16-8-6-5-7-9-16)22-17-11-13-18(24-2)14-12-17/h5-15,19-20,22H,4H2,1-3H3/b15-10+/t19-,20+/m0/s1. The van der Waals surface area contributed by atoms with Gasteiger partial charge in [-0.2, -0.15) is 0 Å². The van der Waals surface area contributed by atoms with Gasteiger partial charge in [0, 0.05) is 5.69 Å². The number of hydrogen-bond donors (Lipinski definition) is 1. The smallest absolute Gasteiger partial charge is 0.311 e. The highest BCUT2D eigenvalue weighted by atomic mass is 16.5. The number of methoxy groups -OCH3 is 2. The van der Waals surface area contributed by atoms with Crippen molar-refractivity contribution in [2.24, 2.45) is 5.92 Å². The van der Waals surface area contributed by atoms with Crippen molar-refractivity contribution in [1.82, 2.24) is 0 Å². The fourth-order valence-corrected chi connectivity index (χ4v) is 2.66. The normalized spacial score (nSPS) is 13.2. The lowest BCUT2D eigenvalue weighted by atomic mass is 9.95. The molecule has 0 aliphatic heterocycles. The van der Waals surface area contributed by atoms with Crippen molar-refractivity contribution < 1.29 is 14.3 Å². The molecular weight excluding hydrogens is 314 g/mol. The highest BCUT2D eigenvalue weighted by Crippen LogP contribution is 2.21. The van der Waals surface area contributed by atoms with Crippen molar-refractivity contribution in [3.05, 3.63) is 66.2 Å². The molecule has 2 aromatic rings. The lowest BCUT2D eigenvalue weighted by Gasteiger charge is -2.24. The van der Waals surface area contributed by atoms with Crippen LogP contribution in [0.4, 0.5) is 5.69 Å². The van der Waals surface area contributed by atoms with E-state index in [9.17, 15) is 4.79 Å². The highest BCUT2D eigenvalue weighted by Gasteiger charge is 2.25. The third-order valence-electron chi connectivity index (χ3n) is 4.10. The molecule has 4 nitrogen and oxygen atoms in total. The lowest BCUT2D eigenvalue weighted by Crippen LogP contribution is -2.33. The van der Waals surface area contributed by atoms with Gasteiger partial charge in [-0.1, -0.05) is 49.4 Å². The van der Waals surface area contributed by atoms with Crippen molar-refractivity contribution in [2.45, 2.75) is 19.4 Å². The number of carbonyl (C=O) groups is 1. The zero-order valence-corrected chi connectivity index (χ0v) is 14.9. The Morgan fingerprint density at radius 3 is 2.32 bits per heavy atom. The van der Waals surface area contributed by atoms with E-state index >= 15 is 0 Å². The Morgan fingerprint density at radius 1 is 1.08 bits per heavy atom. The summed E-state index contributed by atoms with van der Waals surface area (Å²) >= 11 is 0. The summed E-state index contributed by atoms with van der Waals surface area (Å²) in [5.74, 6) is 0.306. The first-order valence-electron chi connectivity index (χ1n) is 8.39. The second-order valence-electron chi connectivity index (χ2n) is 5.71. The van der Waals surface area contributed by atoms with Crippen molar-refractivity contribution in [2.75, 3.05) is 19.5 Å². The summed E-state index contributed by atoms with van der Waals surface area (Å²) < 4.78 is 10.2. The zero-order valence-electron chi connectivity index (χ0n) is 14.9. The fraction of sp³-hybridized carbons (Fsp3) is 0.286. The molecule has 25 heavy (non-hydrogen) atoms. The van der Waals surface area contributed by atoms with Crippen molar-refractivity contribution >= 4 is 17.7 Å². The van der Waals surface area contributed by atoms with E-state index in [1.54, 1.807) is 7.11 Å². The van der Waals surface area contributed by atoms with E-state index in [4.69, 9.17) is 9.47 Å². The number of esters is 1. The van der Waals surface area contributed by atoms with Gasteiger partial charge in [0.2, 0.25) is 0 Å². The summed E-state index contributed by atoms with van der Waals surface area (Å²) in [5.41, 5.74) is 2.01. The number of rotatable bonds is 8. The van der Waals surface area contributed by atoms with Gasteiger partial charge >= 0.3 is 5.97 Å². The van der Waals surface area contributed by atoms with Crippen LogP contribution in [-0.2, 0) is 9.53 Å². The maximum Gasteiger partial charge on any atom is 0.311 e. The SMILES string of the molecule is CC[C@H](C(=O)OC)[C@@H](/C=C/c1ccccc1)Nc1ccc(OC)cc1. The first-order chi connectivity index (χ1) is 12.2. The number of ether oxygens (including phenoxy) is 2. The van der Waals surface area contributed by atoms with Gasteiger partial charge in [-0.15, -0.1) is 0 Å². The molecule has 0 aliphatic carbocycles. The minimum atomic E-state index is -0.271. The number of benzene rings is 2. The molecule has 0 fully saturated rings. The summed E-state index contributed by atoms with van der Waals surface area (Å²) in [6.45, 7) is 1.99. The van der Waals surface area contributed by atoms with E-state index in [2.05, 4.69) is 5.32 Å². The van der Waals surface area contributed by atoms with Crippen LogP contribution < -0.4 is 10.1 Å². The van der Waals surface area contributed by atoms with Crippen molar-refractivity contribution in [3.8, 4) is 5.75 Å². The molecule has 0 bridgehead atoms. The average molecular weight is 339 g/mol. The number of anilines is 1. The van der Waals surface area contributed by atoms with Gasteiger partial charge < -0.3 is 14.8 Å². The molecule has 0 aliphatic rings. The van der Waals surface area contributed by atoms with Crippen LogP contribution in [0.3, 0.4) is 0 Å². The second-order valence-corrected chi connectivity index (χ2v) is 5.71. The molecule has 0 unspecified atom stereocenters. The van der Waals surface area contributed by atoms with Crippen LogP contribution >= 0.6 is 0 Å². The third kappa shape index (κ3) is 5.38. The Morgan fingerprint density at radius 2 is 1.76 bits per heavy atom. The van der Waals surface area contributed by atoms with Gasteiger partial charge in [0.1, 0.15) is 5.75 Å². The van der Waals surface area contributed by atoms with Gasteiger partial charge in [-0.25, -0.2) is 0 Å². The maximum absolute atomic E-state index is 12.2. The van der Waals surface area contributed by atoms with Crippen molar-refractivity contribution in [1.29, 1.82) is 0 Å². The van der Waals surface area contributed by atoms with Crippen LogP contribution in [0.5, 0.6) is 5.75 Å². The first kappa shape index (κ1) is 18.6. The Labute approximate surface area is 149 Å². The molecular formula is C21H25NO3. The van der Waals surface area contributed by atoms with Gasteiger partial charge in [-0.05, 0) is 36.2 Å². The second kappa shape index (κ2) is 9.52. The maximum atomic E-state index is 12.2. The molecule has 0 radical (unpaired) electrons. The number of hydrogen-bond acceptors (Lipinski definition) is 4. The molecule has 0 amide bonds. The minimum Gasteiger partial charge on any atom is -0.497 e. The largest absolute Gasteiger partial charge is 0.497 e. The van der Waals surface area contributed by atoms with Crippen LogP contribution in [0.1, 0.15) is 18.9 Å². The van der Waals surface area contributed by atoms with Crippen LogP contribution in [0, 0.1) is 5.92 Å². The van der Waals surface area contributed by atoms with E-state index in [1.807, 2.05) is 73.7 Å². The average Bonchev–Trinajstić information content (AvgIpc) is 2.67. The van der Waals surface area contributed by atoms with Gasteiger partial charge in [0.15, 0.2) is 0 Å². The highest BCUT2D eigenvalue weighted by molar-refractivity contribution is 5.75. The number of nitrogens with one attached hydrogen (secondary N) is 1. The molecule has 2 atom stereocenters. The van der Waals surface area contributed by atoms with E-state index < -0.39 is 0 Å². The summed E-state index contributed by atoms with van der Waals surface area (Å²) in [4.78, 5) is 12.2. The van der Waals surface area contributed by atoms with Gasteiger partial charge in [0.05, 0.1) is 26.2 Å². The molecule has 0 saturated heterocycles. The Balaban J connectivity index is 2.23. The predicted octanol–water partition coefficient (Wildman–Crippen LogP) is 4.39. The zero-order chi connectivity index (χ0) is 18.1. The molecule has 0 heterocycles. The van der Waals surface area contributed by atoms with E-state index in [1.165, 1.54) is 7.11 Å². The fourth-order valence-electron chi connectivity index (χ4n) is 2.66. The Bertz CT molecular complexity index is 680. The predicted molar refractivity (Wildman–Crippen MR) is 102 cm³/mol. The third-order valence-corrected chi connectivity index (χ3v) is 4.10. The van der Waals surface area contributed by atoms with Crippen LogP contribution in [0.15, 0.2) is 60.7 Å². The van der Waals surface area contributed by atoms with Crippen LogP contribution in [-0.4, -0.2) is 26.2 Å². The van der Waals surface area contributed by atoms with Gasteiger partial charge in [0.25, 0.3) is 0 Å². The first-order valence-corrected chi connectivity index (χ1v) is 8.39. The summed E-state index contributed by atoms with van der Waals surface area (Å²) in [7, 11) is 3.06. The molecule has 0 spiro atoms. The molecule has 132 valence electrons. The van der Waals surface area contributed by atoms with Crippen LogP contribution in [0.2, 0.25) is 0 Å². The van der Waals surface area contributed by atoms with E-state index in [0.717, 1.165) is 17.0 Å². The quantitative estimate of drug-likeness (QED) is 0.725. The summed E-state index contributed by atoms with van der Waals surface area (Å²) in [5, 5.41) is 3.42. The van der Waals surface area contributed by atoms with E-state index in [-0.39, 0.29) is 17.9 Å². The molecule has 2 rings (SSSR count). The molecule has 0 aromatic heterocycles. The van der Waals surface area contributed by atoms with Crippen molar-refractivity contribution in [3.63, 3.8) is 0 Å².